The molecule has 23 heavy (non-hydrogen) atoms. The van der Waals surface area contributed by atoms with Crippen LogP contribution in [0.15, 0.2) is 4.99 Å². The van der Waals surface area contributed by atoms with Crippen molar-refractivity contribution >= 4 is 23.9 Å². The molecular weight excluding hydrogens is 302 g/mol. The van der Waals surface area contributed by atoms with Gasteiger partial charge >= 0.3 is 12.1 Å². The molecule has 1 aliphatic heterocycles. The summed E-state index contributed by atoms with van der Waals surface area (Å²) in [5.41, 5.74) is 0. The normalized spacial score (nSPS) is 24.1. The van der Waals surface area contributed by atoms with E-state index in [-0.39, 0.29) is 13.0 Å². The molecular formula is C15H25N3O5. The average molecular weight is 330 g/mol. The van der Waals surface area contributed by atoms with Gasteiger partial charge in [-0.15, -0.1) is 4.99 Å². The number of hydrogen-bond acceptors (Lipinski definition) is 4. The first-order chi connectivity index (χ1) is 12.2. The summed E-state index contributed by atoms with van der Waals surface area (Å²) in [6.07, 6.45) is 4.42. The third-order valence-corrected chi connectivity index (χ3v) is 3.31. The van der Waals surface area contributed by atoms with Crippen molar-refractivity contribution < 1.29 is 28.3 Å². The van der Waals surface area contributed by atoms with E-state index < -0.39 is 37.4 Å². The fourth-order valence-corrected chi connectivity index (χ4v) is 2.14. The van der Waals surface area contributed by atoms with Crippen molar-refractivity contribution in [3.8, 4) is 0 Å². The zero-order chi connectivity index (χ0) is 19.6. The van der Waals surface area contributed by atoms with Gasteiger partial charge in [-0.2, -0.15) is 0 Å². The molecule has 0 aromatic heterocycles. The number of amides is 2. The standard InChI is InChI=1S/C15H25N3O5/c1-18-11-13(20)23-10-8-6-4-2-3-5-7-9-12(19)16-14(18)17-15(21)22/h2-11H2,1H3,(H,21,22)(H,16,17,19)/i1D3. The summed E-state index contributed by atoms with van der Waals surface area (Å²) < 4.78 is 27.6. The lowest BCUT2D eigenvalue weighted by Crippen LogP contribution is -2.45. The molecule has 1 rings (SSSR count). The summed E-state index contributed by atoms with van der Waals surface area (Å²) in [5, 5.41) is 11.1. The predicted octanol–water partition coefficient (Wildman–Crippen LogP) is 1.75. The molecule has 0 spiro atoms. The van der Waals surface area contributed by atoms with Crippen LogP contribution in [-0.2, 0) is 14.3 Å². The molecule has 0 aliphatic carbocycles. The van der Waals surface area contributed by atoms with E-state index >= 15 is 0 Å². The molecule has 0 bridgehead atoms. The molecule has 8 heteroatoms. The van der Waals surface area contributed by atoms with Crippen LogP contribution in [0.2, 0.25) is 0 Å². The van der Waals surface area contributed by atoms with E-state index in [1.165, 1.54) is 0 Å². The number of rotatable bonds is 0. The quantitative estimate of drug-likeness (QED) is 0.655. The monoisotopic (exact) mass is 330 g/mol. The van der Waals surface area contributed by atoms with Crippen LogP contribution in [0.5, 0.6) is 0 Å². The van der Waals surface area contributed by atoms with Crippen molar-refractivity contribution in [2.75, 3.05) is 20.1 Å². The van der Waals surface area contributed by atoms with Gasteiger partial charge in [0.05, 0.1) is 6.61 Å². The first-order valence-electron chi connectivity index (χ1n) is 9.25. The molecule has 8 nitrogen and oxygen atoms in total. The summed E-state index contributed by atoms with van der Waals surface area (Å²) in [6, 6.07) is 0. The molecule has 130 valence electrons. The minimum atomic E-state index is -2.88. The van der Waals surface area contributed by atoms with Crippen LogP contribution < -0.4 is 5.32 Å². The zero-order valence-electron chi connectivity index (χ0n) is 16.0. The lowest BCUT2D eigenvalue weighted by Gasteiger charge is -2.20. The number of aliphatic imine (C=N–C) groups is 1. The van der Waals surface area contributed by atoms with Crippen LogP contribution in [0.4, 0.5) is 4.79 Å². The van der Waals surface area contributed by atoms with Crippen LogP contribution in [0.25, 0.3) is 0 Å². The molecule has 0 aromatic rings. The van der Waals surface area contributed by atoms with Gasteiger partial charge in [0.2, 0.25) is 11.9 Å². The number of carboxylic acid groups (broad SMARTS) is 1. The van der Waals surface area contributed by atoms with E-state index in [2.05, 4.69) is 10.3 Å². The smallest absolute Gasteiger partial charge is 0.434 e. The highest BCUT2D eigenvalue weighted by atomic mass is 16.5. The van der Waals surface area contributed by atoms with Gasteiger partial charge in [0.25, 0.3) is 0 Å². The molecule has 2 N–H and O–H groups in total. The second-order valence-electron chi connectivity index (χ2n) is 5.30. The Bertz CT molecular complexity index is 537. The van der Waals surface area contributed by atoms with Crippen LogP contribution in [0, 0.1) is 0 Å². The third kappa shape index (κ3) is 8.80. The van der Waals surface area contributed by atoms with E-state index in [1.807, 2.05) is 0 Å². The number of cyclic esters (lactones) is 1. The number of guanidine groups is 1. The molecule has 0 radical (unpaired) electrons. The van der Waals surface area contributed by atoms with Crippen molar-refractivity contribution in [3.63, 3.8) is 0 Å². The summed E-state index contributed by atoms with van der Waals surface area (Å²) in [7, 11) is 0. The van der Waals surface area contributed by atoms with Gasteiger partial charge in [-0.3, -0.25) is 14.9 Å². The molecule has 2 amide bonds. The molecule has 1 fully saturated rings. The van der Waals surface area contributed by atoms with Gasteiger partial charge in [0, 0.05) is 17.5 Å². The lowest BCUT2D eigenvalue weighted by atomic mass is 10.1. The second-order valence-corrected chi connectivity index (χ2v) is 5.30. The van der Waals surface area contributed by atoms with Gasteiger partial charge in [-0.1, -0.05) is 32.1 Å². The topological polar surface area (TPSA) is 108 Å². The predicted molar refractivity (Wildman–Crippen MR) is 84.1 cm³/mol. The Hall–Kier alpha value is -2.12. The summed E-state index contributed by atoms with van der Waals surface area (Å²) in [6.45, 7) is -3.47. The maximum atomic E-state index is 12.0. The Balaban J connectivity index is 2.99. The number of nitrogens with one attached hydrogen (secondary N) is 1. The van der Waals surface area contributed by atoms with Crippen molar-refractivity contribution in [1.29, 1.82) is 0 Å². The Kier molecular flexibility index (Phi) is 6.66. The highest BCUT2D eigenvalue weighted by molar-refractivity contribution is 6.01. The van der Waals surface area contributed by atoms with Gasteiger partial charge in [-0.25, -0.2) is 4.79 Å². The highest BCUT2D eigenvalue weighted by Crippen LogP contribution is 2.09. The summed E-state index contributed by atoms with van der Waals surface area (Å²) in [4.78, 5) is 38.4. The molecule has 0 unspecified atom stereocenters. The first kappa shape index (κ1) is 14.5. The Morgan fingerprint density at radius 1 is 1.22 bits per heavy atom. The molecule has 1 heterocycles. The highest BCUT2D eigenvalue weighted by Gasteiger charge is 2.16. The van der Waals surface area contributed by atoms with Crippen molar-refractivity contribution in [3.05, 3.63) is 0 Å². The fourth-order valence-electron chi connectivity index (χ4n) is 2.14. The Morgan fingerprint density at radius 2 is 1.87 bits per heavy atom. The number of esters is 1. The Labute approximate surface area is 140 Å². The molecule has 1 aliphatic rings. The molecule has 0 atom stereocenters. The largest absolute Gasteiger partial charge is 0.464 e. The third-order valence-electron chi connectivity index (χ3n) is 3.31. The van der Waals surface area contributed by atoms with Crippen LogP contribution in [0.1, 0.15) is 55.5 Å². The van der Waals surface area contributed by atoms with Crippen molar-refractivity contribution in [2.45, 2.75) is 51.4 Å². The number of ether oxygens (including phenoxy) is 1. The fraction of sp³-hybridized carbons (Fsp3) is 0.733. The SMILES string of the molecule is [2H]C([2H])([2H])N1CC(=O)OCCCCCCCCCC(=O)NC1=NC(=O)O. The number of carbonyl (C=O) groups is 3. The molecule has 0 aromatic carbocycles. The van der Waals surface area contributed by atoms with Crippen molar-refractivity contribution in [1.82, 2.24) is 10.2 Å². The minimum Gasteiger partial charge on any atom is -0.464 e. The second kappa shape index (κ2) is 10.6. The van der Waals surface area contributed by atoms with E-state index in [4.69, 9.17) is 14.0 Å². The van der Waals surface area contributed by atoms with Gasteiger partial charge in [0.1, 0.15) is 6.54 Å². The van der Waals surface area contributed by atoms with Gasteiger partial charge < -0.3 is 14.7 Å². The molecule has 1 saturated heterocycles. The number of hydrogen-bond donors (Lipinski definition) is 2. The van der Waals surface area contributed by atoms with Gasteiger partial charge in [-0.05, 0) is 12.8 Å². The van der Waals surface area contributed by atoms with Crippen LogP contribution in [-0.4, -0.2) is 54.1 Å². The average Bonchev–Trinajstić information content (AvgIpc) is 2.51. The van der Waals surface area contributed by atoms with E-state index in [1.54, 1.807) is 0 Å². The number of likely N-dealkylation sites (N-methyl/N-ethyl adjacent to an activating group) is 1. The van der Waals surface area contributed by atoms with E-state index in [9.17, 15) is 14.4 Å². The maximum absolute atomic E-state index is 12.0. The maximum Gasteiger partial charge on any atom is 0.434 e. The van der Waals surface area contributed by atoms with E-state index in [0.717, 1.165) is 32.1 Å². The van der Waals surface area contributed by atoms with Crippen molar-refractivity contribution in [2.24, 2.45) is 4.99 Å². The van der Waals surface area contributed by atoms with E-state index in [0.29, 0.717) is 17.7 Å². The summed E-state index contributed by atoms with van der Waals surface area (Å²) in [5.74, 6) is -2.09. The summed E-state index contributed by atoms with van der Waals surface area (Å²) >= 11 is 0. The number of carbonyl (C=O) groups excluding carboxylic acids is 2. The molecule has 0 saturated carbocycles. The van der Waals surface area contributed by atoms with Crippen LogP contribution in [0.3, 0.4) is 0 Å². The minimum absolute atomic E-state index is 0.109. The van der Waals surface area contributed by atoms with Crippen LogP contribution >= 0.6 is 0 Å². The Morgan fingerprint density at radius 3 is 2.52 bits per heavy atom. The zero-order valence-corrected chi connectivity index (χ0v) is 13.0. The number of nitrogens with zero attached hydrogens (tertiary/aromatic N) is 2. The van der Waals surface area contributed by atoms with Gasteiger partial charge in [0.15, 0.2) is 0 Å². The lowest BCUT2D eigenvalue weighted by molar-refractivity contribution is -0.144. The first-order valence-corrected chi connectivity index (χ1v) is 7.75.